The molecular weight excluding hydrogens is 318 g/mol. The fourth-order valence-corrected chi connectivity index (χ4v) is 2.87. The van der Waals surface area contributed by atoms with Crippen molar-refractivity contribution in [1.82, 2.24) is 9.80 Å². The molecule has 6 nitrogen and oxygen atoms in total. The van der Waals surface area contributed by atoms with Crippen molar-refractivity contribution in [2.24, 2.45) is 0 Å². The highest BCUT2D eigenvalue weighted by Gasteiger charge is 2.25. The predicted octanol–water partition coefficient (Wildman–Crippen LogP) is 1.29. The molecule has 1 saturated heterocycles. The first kappa shape index (κ1) is 18.0. The number of rotatable bonds is 6. The Kier molecular flexibility index (Phi) is 6.65. The molecule has 0 spiro atoms. The van der Waals surface area contributed by atoms with Crippen molar-refractivity contribution < 1.29 is 14.6 Å². The molecule has 1 aromatic rings. The van der Waals surface area contributed by atoms with Gasteiger partial charge in [-0.2, -0.15) is 0 Å². The zero-order valence-corrected chi connectivity index (χ0v) is 14.3. The molecule has 1 fully saturated rings. The van der Waals surface area contributed by atoms with Crippen LogP contribution in [-0.4, -0.2) is 73.3 Å². The minimum Gasteiger partial charge on any atom is -0.495 e. The standard InChI is InChI=1S/C16H24ClN3O3/c1-12(20-7-5-19(6-8-20)9-10-21)16(22)18-14-11-13(17)3-4-15(14)23-2/h3-4,11-12,21H,5-10H2,1-2H3,(H,18,22). The summed E-state index contributed by atoms with van der Waals surface area (Å²) >= 11 is 5.99. The summed E-state index contributed by atoms with van der Waals surface area (Å²) in [4.78, 5) is 16.8. The molecule has 23 heavy (non-hydrogen) atoms. The summed E-state index contributed by atoms with van der Waals surface area (Å²) in [6, 6.07) is 4.90. The number of methoxy groups -OCH3 is 1. The van der Waals surface area contributed by atoms with Gasteiger partial charge in [-0.1, -0.05) is 11.6 Å². The van der Waals surface area contributed by atoms with Crippen molar-refractivity contribution >= 4 is 23.2 Å². The number of nitrogens with zero attached hydrogens (tertiary/aromatic N) is 2. The van der Waals surface area contributed by atoms with Crippen LogP contribution >= 0.6 is 11.6 Å². The number of aliphatic hydroxyl groups is 1. The van der Waals surface area contributed by atoms with Gasteiger partial charge in [-0.25, -0.2) is 0 Å². The highest BCUT2D eigenvalue weighted by molar-refractivity contribution is 6.31. The summed E-state index contributed by atoms with van der Waals surface area (Å²) in [5.41, 5.74) is 0.579. The number of piperazine rings is 1. The Hall–Kier alpha value is -1.34. The highest BCUT2D eigenvalue weighted by Crippen LogP contribution is 2.28. The predicted molar refractivity (Wildman–Crippen MR) is 91.2 cm³/mol. The second kappa shape index (κ2) is 8.49. The third-order valence-electron chi connectivity index (χ3n) is 4.17. The second-order valence-corrected chi connectivity index (χ2v) is 6.05. The molecule has 2 rings (SSSR count). The van der Waals surface area contributed by atoms with Crippen molar-refractivity contribution in [1.29, 1.82) is 0 Å². The quantitative estimate of drug-likeness (QED) is 0.816. The number of carbonyl (C=O) groups is 1. The number of hydrogen-bond donors (Lipinski definition) is 2. The van der Waals surface area contributed by atoms with E-state index >= 15 is 0 Å². The molecule has 1 amide bonds. The monoisotopic (exact) mass is 341 g/mol. The van der Waals surface area contributed by atoms with E-state index in [4.69, 9.17) is 21.4 Å². The lowest BCUT2D eigenvalue weighted by Gasteiger charge is -2.37. The maximum Gasteiger partial charge on any atom is 0.241 e. The van der Waals surface area contributed by atoms with Gasteiger partial charge in [-0.05, 0) is 25.1 Å². The number of ether oxygens (including phenoxy) is 1. The molecule has 1 aliphatic rings. The van der Waals surface area contributed by atoms with E-state index in [-0.39, 0.29) is 18.6 Å². The van der Waals surface area contributed by atoms with Gasteiger partial charge in [0.25, 0.3) is 0 Å². The number of benzene rings is 1. The fraction of sp³-hybridized carbons (Fsp3) is 0.562. The van der Waals surface area contributed by atoms with Gasteiger partial charge in [0.15, 0.2) is 0 Å². The van der Waals surface area contributed by atoms with Crippen LogP contribution < -0.4 is 10.1 Å². The van der Waals surface area contributed by atoms with Crippen molar-refractivity contribution in [2.75, 3.05) is 51.8 Å². The first-order valence-corrected chi connectivity index (χ1v) is 8.14. The van der Waals surface area contributed by atoms with E-state index in [0.717, 1.165) is 26.2 Å². The molecule has 0 bridgehead atoms. The number of anilines is 1. The van der Waals surface area contributed by atoms with E-state index < -0.39 is 0 Å². The maximum atomic E-state index is 12.5. The Balaban J connectivity index is 1.94. The molecule has 0 aliphatic carbocycles. The average Bonchev–Trinajstić information content (AvgIpc) is 2.55. The van der Waals surface area contributed by atoms with E-state index in [1.807, 2.05) is 6.92 Å². The van der Waals surface area contributed by atoms with Crippen molar-refractivity contribution in [3.63, 3.8) is 0 Å². The van der Waals surface area contributed by atoms with Crippen molar-refractivity contribution in [3.05, 3.63) is 23.2 Å². The third-order valence-corrected chi connectivity index (χ3v) is 4.40. The Bertz CT molecular complexity index is 533. The lowest BCUT2D eigenvalue weighted by Crippen LogP contribution is -2.53. The average molecular weight is 342 g/mol. The second-order valence-electron chi connectivity index (χ2n) is 5.61. The van der Waals surface area contributed by atoms with Gasteiger partial charge in [0.1, 0.15) is 5.75 Å². The molecule has 1 aromatic carbocycles. The molecule has 0 saturated carbocycles. The Labute approximate surface area is 142 Å². The number of hydrogen-bond acceptors (Lipinski definition) is 5. The Morgan fingerprint density at radius 3 is 2.70 bits per heavy atom. The summed E-state index contributed by atoms with van der Waals surface area (Å²) in [6.07, 6.45) is 0. The minimum atomic E-state index is -0.241. The van der Waals surface area contributed by atoms with E-state index in [0.29, 0.717) is 23.0 Å². The fourth-order valence-electron chi connectivity index (χ4n) is 2.70. The summed E-state index contributed by atoms with van der Waals surface area (Å²) < 4.78 is 5.25. The van der Waals surface area contributed by atoms with Crippen LogP contribution in [0.4, 0.5) is 5.69 Å². The largest absolute Gasteiger partial charge is 0.495 e. The van der Waals surface area contributed by atoms with Gasteiger partial charge in [0, 0.05) is 37.7 Å². The van der Waals surface area contributed by atoms with Crippen LogP contribution in [0.2, 0.25) is 5.02 Å². The van der Waals surface area contributed by atoms with Gasteiger partial charge in [0.05, 0.1) is 25.4 Å². The molecule has 1 heterocycles. The van der Waals surface area contributed by atoms with Gasteiger partial charge in [0.2, 0.25) is 5.91 Å². The minimum absolute atomic E-state index is 0.0822. The van der Waals surface area contributed by atoms with Crippen LogP contribution in [0.25, 0.3) is 0 Å². The van der Waals surface area contributed by atoms with Crippen LogP contribution in [0.3, 0.4) is 0 Å². The van der Waals surface area contributed by atoms with E-state index in [9.17, 15) is 4.79 Å². The first-order chi connectivity index (χ1) is 11.0. The topological polar surface area (TPSA) is 65.0 Å². The molecule has 7 heteroatoms. The number of halogens is 1. The van der Waals surface area contributed by atoms with Crippen LogP contribution in [-0.2, 0) is 4.79 Å². The van der Waals surface area contributed by atoms with E-state index in [1.165, 1.54) is 0 Å². The van der Waals surface area contributed by atoms with Crippen LogP contribution in [0.15, 0.2) is 18.2 Å². The third kappa shape index (κ3) is 4.81. The molecule has 1 unspecified atom stereocenters. The Morgan fingerprint density at radius 2 is 2.09 bits per heavy atom. The van der Waals surface area contributed by atoms with Gasteiger partial charge < -0.3 is 15.2 Å². The molecular formula is C16H24ClN3O3. The van der Waals surface area contributed by atoms with Crippen LogP contribution in [0.5, 0.6) is 5.75 Å². The lowest BCUT2D eigenvalue weighted by molar-refractivity contribution is -0.121. The normalized spacial score (nSPS) is 17.7. The molecule has 2 N–H and O–H groups in total. The number of amides is 1. The SMILES string of the molecule is COc1ccc(Cl)cc1NC(=O)C(C)N1CCN(CCO)CC1. The van der Waals surface area contributed by atoms with E-state index in [1.54, 1.807) is 25.3 Å². The molecule has 0 aromatic heterocycles. The van der Waals surface area contributed by atoms with Gasteiger partial charge >= 0.3 is 0 Å². The molecule has 1 aliphatic heterocycles. The smallest absolute Gasteiger partial charge is 0.241 e. The van der Waals surface area contributed by atoms with E-state index in [2.05, 4.69) is 15.1 Å². The summed E-state index contributed by atoms with van der Waals surface area (Å²) in [7, 11) is 1.56. The van der Waals surface area contributed by atoms with Crippen LogP contribution in [0.1, 0.15) is 6.92 Å². The zero-order chi connectivity index (χ0) is 16.8. The van der Waals surface area contributed by atoms with Gasteiger partial charge in [-0.3, -0.25) is 14.6 Å². The highest BCUT2D eigenvalue weighted by atomic mass is 35.5. The number of aliphatic hydroxyl groups excluding tert-OH is 1. The first-order valence-electron chi connectivity index (χ1n) is 7.77. The van der Waals surface area contributed by atoms with Crippen molar-refractivity contribution in [3.8, 4) is 5.75 Å². The number of nitrogens with one attached hydrogen (secondary N) is 1. The maximum absolute atomic E-state index is 12.5. The summed E-state index contributed by atoms with van der Waals surface area (Å²) in [5, 5.41) is 12.4. The molecule has 0 radical (unpaired) electrons. The van der Waals surface area contributed by atoms with Crippen molar-refractivity contribution in [2.45, 2.75) is 13.0 Å². The number of carbonyl (C=O) groups excluding carboxylic acids is 1. The van der Waals surface area contributed by atoms with Gasteiger partial charge in [-0.15, -0.1) is 0 Å². The molecule has 1 atom stereocenters. The molecule has 128 valence electrons. The summed E-state index contributed by atoms with van der Waals surface area (Å²) in [6.45, 7) is 6.09. The zero-order valence-electron chi connectivity index (χ0n) is 13.6. The lowest BCUT2D eigenvalue weighted by atomic mass is 10.2. The number of β-amino-alcohol motifs (C(OH)–C–C–N with tert-alkyl or cyclic N) is 1. The summed E-state index contributed by atoms with van der Waals surface area (Å²) in [5.74, 6) is 0.504. The Morgan fingerprint density at radius 1 is 1.39 bits per heavy atom. The van der Waals surface area contributed by atoms with Crippen LogP contribution in [0, 0.1) is 0 Å².